The highest BCUT2D eigenvalue weighted by atomic mass is 35.5. The SMILES string of the molecule is C#CC1CC(n2cnc3c(N4CCC(CO)C4)nc(Cl)nc32)OC1COC(Cc1ccccc1)(C(=O)O)C(=O)O. The van der Waals surface area contributed by atoms with Crippen molar-refractivity contribution in [3.63, 3.8) is 0 Å². The minimum Gasteiger partial charge on any atom is -0.479 e. The molecule has 13 heteroatoms. The maximum atomic E-state index is 12.2. The van der Waals surface area contributed by atoms with Crippen LogP contribution in [0.5, 0.6) is 0 Å². The summed E-state index contributed by atoms with van der Waals surface area (Å²) in [5.41, 5.74) is -1.09. The van der Waals surface area contributed by atoms with Gasteiger partial charge in [-0.15, -0.1) is 12.3 Å². The highest BCUT2D eigenvalue weighted by Crippen LogP contribution is 2.37. The Hall–Kier alpha value is -3.76. The van der Waals surface area contributed by atoms with Gasteiger partial charge in [0.05, 0.1) is 25.0 Å². The van der Waals surface area contributed by atoms with Crippen molar-refractivity contribution in [2.75, 3.05) is 31.2 Å². The maximum Gasteiger partial charge on any atom is 0.348 e. The van der Waals surface area contributed by atoms with E-state index in [2.05, 4.69) is 20.9 Å². The van der Waals surface area contributed by atoms with Crippen LogP contribution in [0.15, 0.2) is 36.7 Å². The topological polar surface area (TPSA) is 160 Å². The summed E-state index contributed by atoms with van der Waals surface area (Å²) in [6.45, 7) is 1.02. The van der Waals surface area contributed by atoms with Crippen molar-refractivity contribution in [1.82, 2.24) is 19.5 Å². The molecule has 5 rings (SSSR count). The predicted molar refractivity (Wildman–Crippen MR) is 143 cm³/mol. The van der Waals surface area contributed by atoms with E-state index in [0.717, 1.165) is 6.42 Å². The number of carboxylic acids is 2. The molecule has 0 bridgehead atoms. The number of benzene rings is 1. The normalized spacial score (nSPS) is 23.0. The number of terminal acetylenes is 1. The molecule has 4 unspecified atom stereocenters. The molecular formula is C27H28ClN5O7. The molecule has 2 aliphatic heterocycles. The molecule has 3 aromatic rings. The van der Waals surface area contributed by atoms with E-state index < -0.39 is 35.8 Å². The van der Waals surface area contributed by atoms with Gasteiger partial charge in [-0.1, -0.05) is 30.3 Å². The van der Waals surface area contributed by atoms with Crippen molar-refractivity contribution in [2.24, 2.45) is 11.8 Å². The van der Waals surface area contributed by atoms with Crippen molar-refractivity contribution in [3.8, 4) is 12.3 Å². The van der Waals surface area contributed by atoms with Crippen LogP contribution in [0.3, 0.4) is 0 Å². The molecule has 40 heavy (non-hydrogen) atoms. The van der Waals surface area contributed by atoms with E-state index in [1.54, 1.807) is 41.2 Å². The minimum atomic E-state index is -2.53. The summed E-state index contributed by atoms with van der Waals surface area (Å²) < 4.78 is 13.5. The number of ether oxygens (including phenoxy) is 2. The highest BCUT2D eigenvalue weighted by molar-refractivity contribution is 6.28. The van der Waals surface area contributed by atoms with Crippen LogP contribution in [0, 0.1) is 24.2 Å². The first-order chi connectivity index (χ1) is 19.3. The number of hydrogen-bond acceptors (Lipinski definition) is 9. The maximum absolute atomic E-state index is 12.2. The van der Waals surface area contributed by atoms with E-state index in [0.29, 0.717) is 42.1 Å². The van der Waals surface area contributed by atoms with Gasteiger partial charge in [0.2, 0.25) is 5.28 Å². The number of aromatic nitrogens is 4. The largest absolute Gasteiger partial charge is 0.479 e. The number of halogens is 1. The summed E-state index contributed by atoms with van der Waals surface area (Å²) in [5.74, 6) is -0.405. The molecule has 4 heterocycles. The molecule has 2 aromatic heterocycles. The van der Waals surface area contributed by atoms with E-state index in [4.69, 9.17) is 27.5 Å². The first kappa shape index (κ1) is 27.8. The molecule has 0 spiro atoms. The Morgan fingerprint density at radius 3 is 2.62 bits per heavy atom. The first-order valence-corrected chi connectivity index (χ1v) is 13.2. The van der Waals surface area contributed by atoms with Gasteiger partial charge >= 0.3 is 11.9 Å². The highest BCUT2D eigenvalue weighted by Gasteiger charge is 2.50. The first-order valence-electron chi connectivity index (χ1n) is 12.8. The standard InChI is InChI=1S/C27H28ClN5O7/c1-2-18-10-20(33-15-29-21-22(30-26(28)31-23(21)33)32-9-8-17(12-32)13-34)40-19(18)14-39-27(24(35)36,25(37)38)11-16-6-4-3-5-7-16/h1,3-7,15,17-20,34H,8-14H2,(H,35,36)(H,37,38). The van der Waals surface area contributed by atoms with Crippen LogP contribution < -0.4 is 4.90 Å². The molecule has 0 radical (unpaired) electrons. The predicted octanol–water partition coefficient (Wildman–Crippen LogP) is 2.00. The van der Waals surface area contributed by atoms with Gasteiger partial charge in [-0.05, 0) is 23.6 Å². The Bertz CT molecular complexity index is 1430. The molecule has 12 nitrogen and oxygen atoms in total. The number of fused-ring (bicyclic) bond motifs is 1. The van der Waals surface area contributed by atoms with Gasteiger partial charge in [0, 0.05) is 38.5 Å². The molecule has 2 aliphatic rings. The van der Waals surface area contributed by atoms with Crippen LogP contribution in [-0.4, -0.2) is 84.8 Å². The molecule has 3 N–H and O–H groups in total. The molecule has 1 aromatic carbocycles. The van der Waals surface area contributed by atoms with E-state index in [1.807, 2.05) is 4.90 Å². The van der Waals surface area contributed by atoms with Gasteiger partial charge in [0.25, 0.3) is 5.60 Å². The lowest BCUT2D eigenvalue weighted by Crippen LogP contribution is -2.52. The number of aliphatic carboxylic acids is 2. The van der Waals surface area contributed by atoms with Gasteiger partial charge in [0.1, 0.15) is 6.23 Å². The van der Waals surface area contributed by atoms with E-state index in [1.165, 1.54) is 0 Å². The molecule has 2 saturated heterocycles. The molecule has 0 amide bonds. The second-order valence-corrected chi connectivity index (χ2v) is 10.3. The Kier molecular flexibility index (Phi) is 7.91. The summed E-state index contributed by atoms with van der Waals surface area (Å²) in [4.78, 5) is 39.6. The van der Waals surface area contributed by atoms with E-state index >= 15 is 0 Å². The fraction of sp³-hybridized carbons (Fsp3) is 0.444. The van der Waals surface area contributed by atoms with Crippen molar-refractivity contribution >= 4 is 40.5 Å². The quantitative estimate of drug-likeness (QED) is 0.186. The number of aliphatic hydroxyl groups excluding tert-OH is 1. The summed E-state index contributed by atoms with van der Waals surface area (Å²) in [5, 5.41) is 29.4. The van der Waals surface area contributed by atoms with Gasteiger partial charge in [0.15, 0.2) is 17.0 Å². The Balaban J connectivity index is 1.37. The smallest absolute Gasteiger partial charge is 0.348 e. The van der Waals surface area contributed by atoms with E-state index in [9.17, 15) is 24.9 Å². The minimum absolute atomic E-state index is 0.0247. The Morgan fingerprint density at radius 1 is 1.23 bits per heavy atom. The van der Waals surface area contributed by atoms with Crippen molar-refractivity contribution in [3.05, 3.63) is 47.5 Å². The lowest BCUT2D eigenvalue weighted by molar-refractivity contribution is -0.188. The zero-order valence-corrected chi connectivity index (χ0v) is 22.1. The van der Waals surface area contributed by atoms with Gasteiger partial charge < -0.3 is 29.7 Å². The van der Waals surface area contributed by atoms with Crippen LogP contribution in [0.2, 0.25) is 5.28 Å². The number of hydrogen-bond donors (Lipinski definition) is 3. The average Bonchev–Trinajstić information content (AvgIpc) is 3.68. The number of carboxylic acid groups (broad SMARTS) is 2. The fourth-order valence-corrected chi connectivity index (χ4v) is 5.40. The zero-order chi connectivity index (χ0) is 28.4. The number of aliphatic hydroxyl groups is 1. The second kappa shape index (κ2) is 11.4. The lowest BCUT2D eigenvalue weighted by Gasteiger charge is -2.27. The van der Waals surface area contributed by atoms with Crippen LogP contribution in [-0.2, 0) is 25.5 Å². The Morgan fingerprint density at radius 2 is 1.98 bits per heavy atom. The van der Waals surface area contributed by atoms with Gasteiger partial charge in [-0.2, -0.15) is 9.97 Å². The van der Waals surface area contributed by atoms with Crippen molar-refractivity contribution in [1.29, 1.82) is 0 Å². The number of rotatable bonds is 10. The molecule has 2 fully saturated rings. The summed E-state index contributed by atoms with van der Waals surface area (Å²) in [6.07, 6.45) is 6.66. The third kappa shape index (κ3) is 5.21. The van der Waals surface area contributed by atoms with Gasteiger partial charge in [-0.3, -0.25) is 4.57 Å². The molecular weight excluding hydrogens is 542 g/mol. The monoisotopic (exact) mass is 569 g/mol. The second-order valence-electron chi connectivity index (χ2n) is 9.97. The number of anilines is 1. The zero-order valence-electron chi connectivity index (χ0n) is 21.4. The van der Waals surface area contributed by atoms with Crippen LogP contribution in [0.1, 0.15) is 24.6 Å². The fourth-order valence-electron chi connectivity index (χ4n) is 5.24. The Labute approximate surface area is 234 Å². The molecule has 210 valence electrons. The third-order valence-corrected chi connectivity index (χ3v) is 7.63. The average molecular weight is 570 g/mol. The van der Waals surface area contributed by atoms with Gasteiger partial charge in [-0.25, -0.2) is 14.6 Å². The van der Waals surface area contributed by atoms with Crippen LogP contribution in [0.25, 0.3) is 11.2 Å². The van der Waals surface area contributed by atoms with Crippen molar-refractivity contribution < 1.29 is 34.4 Å². The third-order valence-electron chi connectivity index (χ3n) is 7.46. The number of imidazole rings is 1. The summed E-state index contributed by atoms with van der Waals surface area (Å²) in [7, 11) is 0. The summed E-state index contributed by atoms with van der Waals surface area (Å²) >= 11 is 6.27. The molecule has 0 aliphatic carbocycles. The number of carbonyl (C=O) groups is 2. The number of nitrogens with zero attached hydrogens (tertiary/aromatic N) is 5. The summed E-state index contributed by atoms with van der Waals surface area (Å²) in [6, 6.07) is 8.39. The van der Waals surface area contributed by atoms with Crippen LogP contribution >= 0.6 is 11.6 Å². The van der Waals surface area contributed by atoms with Crippen molar-refractivity contribution in [2.45, 2.75) is 37.2 Å². The molecule has 4 atom stereocenters. The molecule has 0 saturated carbocycles. The lowest BCUT2D eigenvalue weighted by atomic mass is 9.94. The van der Waals surface area contributed by atoms with E-state index in [-0.39, 0.29) is 30.8 Å². The van der Waals surface area contributed by atoms with Crippen LogP contribution in [0.4, 0.5) is 5.82 Å².